The Labute approximate surface area is 343 Å². The molecule has 10 aromatic carbocycles. The van der Waals surface area contributed by atoms with Gasteiger partial charge in [-0.3, -0.25) is 0 Å². The van der Waals surface area contributed by atoms with Crippen LogP contribution in [0.1, 0.15) is 0 Å². The molecule has 1 aromatic heterocycles. The van der Waals surface area contributed by atoms with Gasteiger partial charge < -0.3 is 14.2 Å². The largest absolute Gasteiger partial charge is 0.456 e. The van der Waals surface area contributed by atoms with Crippen LogP contribution in [0.25, 0.3) is 65.7 Å². The summed E-state index contributed by atoms with van der Waals surface area (Å²) in [7, 11) is 0. The standard InChI is InChI=1S/C56H38N2O/c1-5-13-39(14-6-1)41-21-27-49(28-22-41)57(47-17-9-3-10-18-47)51-31-25-43-37-55-53(35-45(43)33-51)54-36-46-34-52(32-26-44(46)38-56(54)59-55)58(48-19-11-4-12-20-48)50-29-23-42(24-30-50)40-15-7-2-8-16-40/h1-38H. The van der Waals surface area contributed by atoms with Gasteiger partial charge in [-0.05, 0) is 141 Å². The van der Waals surface area contributed by atoms with Gasteiger partial charge in [0.2, 0.25) is 0 Å². The Bertz CT molecular complexity index is 3010. The Kier molecular flexibility index (Phi) is 8.49. The minimum absolute atomic E-state index is 0.886. The zero-order chi connectivity index (χ0) is 39.1. The van der Waals surface area contributed by atoms with Crippen molar-refractivity contribution in [2.45, 2.75) is 0 Å². The first-order chi connectivity index (χ1) is 29.2. The van der Waals surface area contributed by atoms with Gasteiger partial charge in [-0.1, -0.05) is 133 Å². The molecule has 0 spiro atoms. The van der Waals surface area contributed by atoms with Crippen molar-refractivity contribution in [2.24, 2.45) is 0 Å². The Hall–Kier alpha value is -7.88. The van der Waals surface area contributed by atoms with E-state index < -0.39 is 0 Å². The van der Waals surface area contributed by atoms with Crippen LogP contribution in [0.2, 0.25) is 0 Å². The van der Waals surface area contributed by atoms with Crippen molar-refractivity contribution >= 4 is 77.6 Å². The highest BCUT2D eigenvalue weighted by atomic mass is 16.3. The first-order valence-corrected chi connectivity index (χ1v) is 20.1. The second-order valence-electron chi connectivity index (χ2n) is 15.0. The normalized spacial score (nSPS) is 11.4. The first kappa shape index (κ1) is 34.4. The van der Waals surface area contributed by atoms with Crippen LogP contribution in [0.15, 0.2) is 235 Å². The SMILES string of the molecule is c1ccc(-c2ccc(N(c3ccccc3)c3ccc4cc5oc6cc7ccc(N(c8ccccc8)c8ccc(-c9ccccc9)cc8)cc7cc6c5cc4c3)cc2)cc1. The van der Waals surface area contributed by atoms with E-state index in [1.807, 2.05) is 0 Å². The lowest BCUT2D eigenvalue weighted by Crippen LogP contribution is -2.09. The zero-order valence-corrected chi connectivity index (χ0v) is 32.2. The molecule has 0 bridgehead atoms. The van der Waals surface area contributed by atoms with E-state index in [2.05, 4.69) is 240 Å². The van der Waals surface area contributed by atoms with Crippen LogP contribution in [0.5, 0.6) is 0 Å². The van der Waals surface area contributed by atoms with Gasteiger partial charge in [-0.25, -0.2) is 0 Å². The quantitative estimate of drug-likeness (QED) is 0.154. The molecule has 0 aliphatic rings. The highest BCUT2D eigenvalue weighted by molar-refractivity contribution is 6.14. The third-order valence-electron chi connectivity index (χ3n) is 11.4. The van der Waals surface area contributed by atoms with E-state index in [9.17, 15) is 0 Å². The smallest absolute Gasteiger partial charge is 0.136 e. The number of para-hydroxylation sites is 2. The minimum atomic E-state index is 0.886. The molecule has 0 radical (unpaired) electrons. The molecule has 0 aliphatic carbocycles. The van der Waals surface area contributed by atoms with E-state index in [4.69, 9.17) is 4.42 Å². The molecule has 11 rings (SSSR count). The first-order valence-electron chi connectivity index (χ1n) is 20.1. The monoisotopic (exact) mass is 754 g/mol. The summed E-state index contributed by atoms with van der Waals surface area (Å²) < 4.78 is 6.58. The van der Waals surface area contributed by atoms with E-state index in [0.29, 0.717) is 0 Å². The van der Waals surface area contributed by atoms with Crippen LogP contribution < -0.4 is 9.80 Å². The van der Waals surface area contributed by atoms with E-state index in [0.717, 1.165) is 77.6 Å². The number of benzene rings is 10. The van der Waals surface area contributed by atoms with Crippen LogP contribution in [0.4, 0.5) is 34.1 Å². The maximum atomic E-state index is 6.58. The topological polar surface area (TPSA) is 19.6 Å². The summed E-state index contributed by atoms with van der Waals surface area (Å²) in [5.74, 6) is 0. The van der Waals surface area contributed by atoms with Gasteiger partial charge in [0, 0.05) is 44.9 Å². The van der Waals surface area contributed by atoms with Gasteiger partial charge in [0.05, 0.1) is 0 Å². The number of anilines is 6. The Morgan fingerprint density at radius 2 is 0.559 bits per heavy atom. The third kappa shape index (κ3) is 6.45. The van der Waals surface area contributed by atoms with Crippen molar-refractivity contribution < 1.29 is 4.42 Å². The predicted octanol–water partition coefficient (Wildman–Crippen LogP) is 16.2. The van der Waals surface area contributed by atoms with E-state index in [-0.39, 0.29) is 0 Å². The average Bonchev–Trinajstić information content (AvgIpc) is 3.65. The molecule has 0 amide bonds. The fourth-order valence-corrected chi connectivity index (χ4v) is 8.43. The Morgan fingerprint density at radius 1 is 0.237 bits per heavy atom. The van der Waals surface area contributed by atoms with Gasteiger partial charge in [0.1, 0.15) is 11.2 Å². The second-order valence-corrected chi connectivity index (χ2v) is 15.0. The molecule has 0 unspecified atom stereocenters. The summed E-state index contributed by atoms with van der Waals surface area (Å²) in [6, 6.07) is 82.3. The molecule has 278 valence electrons. The molecular formula is C56H38N2O. The van der Waals surface area contributed by atoms with Crippen LogP contribution in [-0.4, -0.2) is 0 Å². The van der Waals surface area contributed by atoms with Gasteiger partial charge in [0.15, 0.2) is 0 Å². The maximum Gasteiger partial charge on any atom is 0.136 e. The molecular weight excluding hydrogens is 717 g/mol. The number of hydrogen-bond donors (Lipinski definition) is 0. The van der Waals surface area contributed by atoms with Crippen molar-refractivity contribution in [1.29, 1.82) is 0 Å². The highest BCUT2D eigenvalue weighted by Gasteiger charge is 2.17. The Morgan fingerprint density at radius 3 is 0.949 bits per heavy atom. The lowest BCUT2D eigenvalue weighted by Gasteiger charge is -2.26. The van der Waals surface area contributed by atoms with E-state index in [1.54, 1.807) is 0 Å². The predicted molar refractivity (Wildman–Crippen MR) is 249 cm³/mol. The number of nitrogens with zero attached hydrogens (tertiary/aromatic N) is 2. The van der Waals surface area contributed by atoms with Crippen molar-refractivity contribution in [3.63, 3.8) is 0 Å². The van der Waals surface area contributed by atoms with Crippen LogP contribution in [0, 0.1) is 0 Å². The number of furan rings is 1. The fourth-order valence-electron chi connectivity index (χ4n) is 8.43. The summed E-state index contributed by atoms with van der Waals surface area (Å²) in [5.41, 5.74) is 13.2. The van der Waals surface area contributed by atoms with Crippen molar-refractivity contribution in [3.8, 4) is 22.3 Å². The summed E-state index contributed by atoms with van der Waals surface area (Å²) >= 11 is 0. The van der Waals surface area contributed by atoms with Crippen LogP contribution in [-0.2, 0) is 0 Å². The van der Waals surface area contributed by atoms with Gasteiger partial charge in [-0.2, -0.15) is 0 Å². The van der Waals surface area contributed by atoms with Crippen LogP contribution >= 0.6 is 0 Å². The summed E-state index contributed by atoms with van der Waals surface area (Å²) in [4.78, 5) is 4.66. The molecule has 0 fully saturated rings. The maximum absolute atomic E-state index is 6.58. The van der Waals surface area contributed by atoms with E-state index in [1.165, 1.54) is 22.3 Å². The highest BCUT2D eigenvalue weighted by Crippen LogP contribution is 2.42. The minimum Gasteiger partial charge on any atom is -0.456 e. The number of hydrogen-bond acceptors (Lipinski definition) is 3. The molecule has 0 saturated carbocycles. The van der Waals surface area contributed by atoms with Crippen LogP contribution in [0.3, 0.4) is 0 Å². The second kappa shape index (κ2) is 14.6. The molecule has 59 heavy (non-hydrogen) atoms. The van der Waals surface area contributed by atoms with Crippen molar-refractivity contribution in [3.05, 3.63) is 231 Å². The van der Waals surface area contributed by atoms with Gasteiger partial charge in [-0.15, -0.1) is 0 Å². The fraction of sp³-hybridized carbons (Fsp3) is 0. The van der Waals surface area contributed by atoms with Gasteiger partial charge >= 0.3 is 0 Å². The molecule has 0 atom stereocenters. The summed E-state index contributed by atoms with van der Waals surface area (Å²) in [6.07, 6.45) is 0. The van der Waals surface area contributed by atoms with Crippen molar-refractivity contribution in [2.75, 3.05) is 9.80 Å². The molecule has 1 heterocycles. The lowest BCUT2D eigenvalue weighted by atomic mass is 10.0. The molecule has 0 N–H and O–H groups in total. The average molecular weight is 755 g/mol. The molecule has 3 heteroatoms. The molecule has 3 nitrogen and oxygen atoms in total. The third-order valence-corrected chi connectivity index (χ3v) is 11.4. The molecule has 0 aliphatic heterocycles. The van der Waals surface area contributed by atoms with Gasteiger partial charge in [0.25, 0.3) is 0 Å². The van der Waals surface area contributed by atoms with Crippen molar-refractivity contribution in [1.82, 2.24) is 0 Å². The molecule has 11 aromatic rings. The molecule has 0 saturated heterocycles. The summed E-state index contributed by atoms with van der Waals surface area (Å²) in [6.45, 7) is 0. The van der Waals surface area contributed by atoms with E-state index >= 15 is 0 Å². The lowest BCUT2D eigenvalue weighted by molar-refractivity contribution is 0.670. The zero-order valence-electron chi connectivity index (χ0n) is 32.2. The summed E-state index contributed by atoms with van der Waals surface area (Å²) in [5, 5.41) is 6.79. The number of rotatable bonds is 8. The Balaban J connectivity index is 0.996. The number of fused-ring (bicyclic) bond motifs is 5.